The van der Waals surface area contributed by atoms with Gasteiger partial charge in [0, 0.05) is 31.9 Å². The summed E-state index contributed by atoms with van der Waals surface area (Å²) < 4.78 is 7.76. The summed E-state index contributed by atoms with van der Waals surface area (Å²) in [7, 11) is 1.92. The first kappa shape index (κ1) is 9.68. The summed E-state index contributed by atoms with van der Waals surface area (Å²) in [5.74, 6) is 0. The number of aromatic nitrogens is 2. The molecule has 0 unspecified atom stereocenters. The topological polar surface area (TPSA) is 39.1 Å². The average Bonchev–Trinajstić information content (AvgIpc) is 2.50. The fourth-order valence-electron chi connectivity index (χ4n) is 1.77. The molecule has 0 bridgehead atoms. The molecule has 0 amide bonds. The van der Waals surface area contributed by atoms with Gasteiger partial charge in [-0.2, -0.15) is 5.10 Å². The van der Waals surface area contributed by atoms with Gasteiger partial charge in [0.2, 0.25) is 0 Å². The van der Waals surface area contributed by atoms with Crippen LogP contribution in [-0.2, 0) is 11.8 Å². The Kier molecular flexibility index (Phi) is 2.33. The van der Waals surface area contributed by atoms with E-state index in [1.165, 1.54) is 0 Å². The molecule has 1 N–H and O–H groups in total. The van der Waals surface area contributed by atoms with Crippen LogP contribution in [0.2, 0.25) is 0 Å². The second kappa shape index (κ2) is 3.37. The summed E-state index contributed by atoms with van der Waals surface area (Å²) in [6.07, 6.45) is 4.01. The van der Waals surface area contributed by atoms with Crippen LogP contribution in [0.1, 0.15) is 25.5 Å². The number of nitrogens with zero attached hydrogens (tertiary/aromatic N) is 2. The van der Waals surface area contributed by atoms with Gasteiger partial charge in [0.1, 0.15) is 0 Å². The predicted octanol–water partition coefficient (Wildman–Crippen LogP) is 0.860. The largest absolute Gasteiger partial charge is 0.365 e. The van der Waals surface area contributed by atoms with Crippen LogP contribution in [0.5, 0.6) is 0 Å². The molecule has 2 heterocycles. The lowest BCUT2D eigenvalue weighted by atomic mass is 10.1. The molecular formula is C10H17N3O. The Bertz CT molecular complexity index is 319. The van der Waals surface area contributed by atoms with E-state index in [-0.39, 0.29) is 11.7 Å². The van der Waals surface area contributed by atoms with Crippen LogP contribution in [0.15, 0.2) is 12.4 Å². The van der Waals surface area contributed by atoms with Crippen LogP contribution in [0.4, 0.5) is 0 Å². The van der Waals surface area contributed by atoms with Crippen LogP contribution >= 0.6 is 0 Å². The molecule has 1 aromatic heterocycles. The zero-order valence-electron chi connectivity index (χ0n) is 8.95. The van der Waals surface area contributed by atoms with Gasteiger partial charge in [0.05, 0.1) is 17.9 Å². The number of nitrogens with one attached hydrogen (secondary N) is 1. The maximum absolute atomic E-state index is 5.96. The molecule has 0 saturated carbocycles. The highest BCUT2D eigenvalue weighted by Gasteiger charge is 2.29. The van der Waals surface area contributed by atoms with E-state index in [4.69, 9.17) is 4.74 Å². The SMILES string of the molecule is Cn1cc([C@@H]2CNCC(C)(C)O2)cn1. The zero-order valence-corrected chi connectivity index (χ0v) is 8.95. The van der Waals surface area contributed by atoms with E-state index >= 15 is 0 Å². The fourth-order valence-corrected chi connectivity index (χ4v) is 1.77. The minimum atomic E-state index is -0.0846. The number of aryl methyl sites for hydroxylation is 1. The third-order valence-corrected chi connectivity index (χ3v) is 2.44. The van der Waals surface area contributed by atoms with Gasteiger partial charge in [0.25, 0.3) is 0 Å². The molecule has 4 nitrogen and oxygen atoms in total. The van der Waals surface area contributed by atoms with Crippen LogP contribution in [0, 0.1) is 0 Å². The van der Waals surface area contributed by atoms with Crippen molar-refractivity contribution in [3.63, 3.8) is 0 Å². The molecular weight excluding hydrogens is 178 g/mol. The second-order valence-corrected chi connectivity index (χ2v) is 4.44. The Morgan fingerprint density at radius 2 is 2.43 bits per heavy atom. The Hall–Kier alpha value is -0.870. The molecule has 78 valence electrons. The van der Waals surface area contributed by atoms with Crippen molar-refractivity contribution < 1.29 is 4.74 Å². The van der Waals surface area contributed by atoms with Gasteiger partial charge < -0.3 is 10.1 Å². The van der Waals surface area contributed by atoms with Gasteiger partial charge in [-0.3, -0.25) is 4.68 Å². The first-order chi connectivity index (χ1) is 6.57. The predicted molar refractivity (Wildman–Crippen MR) is 54.0 cm³/mol. The average molecular weight is 195 g/mol. The summed E-state index contributed by atoms with van der Waals surface area (Å²) in [6, 6.07) is 0. The molecule has 0 aromatic carbocycles. The number of hydrogen-bond donors (Lipinski definition) is 1. The van der Waals surface area contributed by atoms with E-state index in [9.17, 15) is 0 Å². The molecule has 4 heteroatoms. The van der Waals surface area contributed by atoms with Crippen LogP contribution in [0.3, 0.4) is 0 Å². The van der Waals surface area contributed by atoms with E-state index in [0.29, 0.717) is 0 Å². The van der Waals surface area contributed by atoms with Crippen molar-refractivity contribution in [3.8, 4) is 0 Å². The van der Waals surface area contributed by atoms with E-state index in [1.807, 2.05) is 19.4 Å². The first-order valence-corrected chi connectivity index (χ1v) is 4.94. The summed E-state index contributed by atoms with van der Waals surface area (Å²) in [6.45, 7) is 5.98. The summed E-state index contributed by atoms with van der Waals surface area (Å²) >= 11 is 0. The Balaban J connectivity index is 2.12. The minimum Gasteiger partial charge on any atom is -0.365 e. The molecule has 1 aromatic rings. The minimum absolute atomic E-state index is 0.0846. The molecule has 1 aliphatic heterocycles. The molecule has 0 aliphatic carbocycles. The van der Waals surface area contributed by atoms with Crippen LogP contribution < -0.4 is 5.32 Å². The Morgan fingerprint density at radius 1 is 1.64 bits per heavy atom. The summed E-state index contributed by atoms with van der Waals surface area (Å²) in [5.41, 5.74) is 1.06. The second-order valence-electron chi connectivity index (χ2n) is 4.44. The summed E-state index contributed by atoms with van der Waals surface area (Å²) in [5, 5.41) is 7.52. The van der Waals surface area contributed by atoms with Crippen molar-refractivity contribution in [2.75, 3.05) is 13.1 Å². The monoisotopic (exact) mass is 195 g/mol. The van der Waals surface area contributed by atoms with Gasteiger partial charge in [-0.15, -0.1) is 0 Å². The van der Waals surface area contributed by atoms with Crippen LogP contribution in [0.25, 0.3) is 0 Å². The number of ether oxygens (including phenoxy) is 1. The Morgan fingerprint density at radius 3 is 3.00 bits per heavy atom. The van der Waals surface area contributed by atoms with Gasteiger partial charge in [0.15, 0.2) is 0 Å². The standard InChI is InChI=1S/C10H17N3O/c1-10(2)7-11-5-9(14-10)8-4-12-13(3)6-8/h4,6,9,11H,5,7H2,1-3H3/t9-/m0/s1. The van der Waals surface area contributed by atoms with Crippen molar-refractivity contribution in [1.29, 1.82) is 0 Å². The summed E-state index contributed by atoms with van der Waals surface area (Å²) in [4.78, 5) is 0. The normalized spacial score (nSPS) is 26.4. The van der Waals surface area contributed by atoms with Crippen molar-refractivity contribution in [3.05, 3.63) is 18.0 Å². The number of morpholine rings is 1. The number of rotatable bonds is 1. The van der Waals surface area contributed by atoms with Crippen LogP contribution in [-0.4, -0.2) is 28.5 Å². The highest BCUT2D eigenvalue weighted by Crippen LogP contribution is 2.26. The maximum atomic E-state index is 5.96. The van der Waals surface area contributed by atoms with Gasteiger partial charge in [-0.25, -0.2) is 0 Å². The highest BCUT2D eigenvalue weighted by atomic mass is 16.5. The van der Waals surface area contributed by atoms with E-state index in [1.54, 1.807) is 4.68 Å². The molecule has 2 rings (SSSR count). The van der Waals surface area contributed by atoms with Crippen molar-refractivity contribution >= 4 is 0 Å². The van der Waals surface area contributed by atoms with Gasteiger partial charge >= 0.3 is 0 Å². The third kappa shape index (κ3) is 1.96. The zero-order chi connectivity index (χ0) is 10.2. The first-order valence-electron chi connectivity index (χ1n) is 4.94. The molecule has 0 spiro atoms. The van der Waals surface area contributed by atoms with E-state index in [2.05, 4.69) is 24.3 Å². The molecule has 1 aliphatic rings. The smallest absolute Gasteiger partial charge is 0.0987 e. The quantitative estimate of drug-likeness (QED) is 0.722. The van der Waals surface area contributed by atoms with Gasteiger partial charge in [-0.05, 0) is 13.8 Å². The fraction of sp³-hybridized carbons (Fsp3) is 0.700. The molecule has 1 fully saturated rings. The van der Waals surface area contributed by atoms with Crippen molar-refractivity contribution in [2.24, 2.45) is 7.05 Å². The lowest BCUT2D eigenvalue weighted by molar-refractivity contribution is -0.0958. The van der Waals surface area contributed by atoms with Gasteiger partial charge in [-0.1, -0.05) is 0 Å². The molecule has 1 atom stereocenters. The lowest BCUT2D eigenvalue weighted by Gasteiger charge is -2.36. The van der Waals surface area contributed by atoms with E-state index in [0.717, 1.165) is 18.7 Å². The third-order valence-electron chi connectivity index (χ3n) is 2.44. The van der Waals surface area contributed by atoms with Crippen molar-refractivity contribution in [1.82, 2.24) is 15.1 Å². The Labute approximate surface area is 84.3 Å². The number of hydrogen-bond acceptors (Lipinski definition) is 3. The molecule has 14 heavy (non-hydrogen) atoms. The molecule has 1 saturated heterocycles. The molecule has 0 radical (unpaired) electrons. The van der Waals surface area contributed by atoms with Crippen molar-refractivity contribution in [2.45, 2.75) is 25.6 Å². The highest BCUT2D eigenvalue weighted by molar-refractivity contribution is 5.10. The lowest BCUT2D eigenvalue weighted by Crippen LogP contribution is -2.46. The van der Waals surface area contributed by atoms with E-state index < -0.39 is 0 Å². The maximum Gasteiger partial charge on any atom is 0.0987 e.